The van der Waals surface area contributed by atoms with E-state index in [1.54, 1.807) is 4.68 Å². The van der Waals surface area contributed by atoms with Crippen molar-refractivity contribution >= 4 is 22.8 Å². The van der Waals surface area contributed by atoms with E-state index in [2.05, 4.69) is 36.3 Å². The first-order valence-electron chi connectivity index (χ1n) is 13.1. The van der Waals surface area contributed by atoms with E-state index in [0.29, 0.717) is 36.9 Å². The van der Waals surface area contributed by atoms with Crippen LogP contribution in [0.1, 0.15) is 58.4 Å². The number of aryl methyl sites for hydroxylation is 1. The van der Waals surface area contributed by atoms with Crippen LogP contribution in [0.5, 0.6) is 0 Å². The molecule has 1 saturated carbocycles. The van der Waals surface area contributed by atoms with Crippen molar-refractivity contribution in [3.05, 3.63) is 23.8 Å². The Kier molecular flexibility index (Phi) is 6.38. The predicted molar refractivity (Wildman–Crippen MR) is 132 cm³/mol. The Balaban J connectivity index is 1.03. The average Bonchev–Trinajstić information content (AvgIpc) is 3.05. The van der Waals surface area contributed by atoms with E-state index >= 15 is 0 Å². The van der Waals surface area contributed by atoms with E-state index in [4.69, 9.17) is 24.0 Å². The maximum atomic E-state index is 6.66. The van der Waals surface area contributed by atoms with Gasteiger partial charge in [-0.25, -0.2) is 14.5 Å². The van der Waals surface area contributed by atoms with Crippen molar-refractivity contribution in [3.8, 4) is 0 Å². The van der Waals surface area contributed by atoms with Crippen LogP contribution in [0.3, 0.4) is 0 Å². The van der Waals surface area contributed by atoms with Gasteiger partial charge in [-0.2, -0.15) is 0 Å². The topological polar surface area (TPSA) is 76.9 Å². The normalized spacial score (nSPS) is 40.6. The molecule has 1 aliphatic carbocycles. The van der Waals surface area contributed by atoms with E-state index in [0.717, 1.165) is 48.0 Å². The fourth-order valence-electron chi connectivity index (χ4n) is 6.79. The van der Waals surface area contributed by atoms with Gasteiger partial charge in [-0.15, -0.1) is 16.9 Å². The highest BCUT2D eigenvalue weighted by molar-refractivity contribution is 7.99. The number of benzene rings is 1. The summed E-state index contributed by atoms with van der Waals surface area (Å²) in [5.41, 5.74) is 2.68. The van der Waals surface area contributed by atoms with E-state index in [1.807, 2.05) is 31.8 Å². The zero-order valence-corrected chi connectivity index (χ0v) is 22.0. The molecule has 192 valence electrons. The van der Waals surface area contributed by atoms with Gasteiger partial charge in [-0.1, -0.05) is 25.1 Å². The Morgan fingerprint density at radius 2 is 2.06 bits per heavy atom. The maximum absolute atomic E-state index is 6.66. The third-order valence-corrected chi connectivity index (χ3v) is 10.1. The lowest BCUT2D eigenvalue weighted by molar-refractivity contribution is -0.568. The molecule has 1 spiro atoms. The van der Waals surface area contributed by atoms with Gasteiger partial charge >= 0.3 is 0 Å². The van der Waals surface area contributed by atoms with Gasteiger partial charge < -0.3 is 14.2 Å². The quantitative estimate of drug-likeness (QED) is 0.393. The first-order chi connectivity index (χ1) is 16.9. The van der Waals surface area contributed by atoms with Gasteiger partial charge in [-0.05, 0) is 73.8 Å². The van der Waals surface area contributed by atoms with Crippen LogP contribution in [0.25, 0.3) is 11.0 Å². The molecule has 5 aliphatic rings. The Morgan fingerprint density at radius 1 is 1.17 bits per heavy atom. The number of hydrogen-bond acceptors (Lipinski definition) is 8. The standard InChI is InChI=1S/C26H37N3O5S/c1-16-6-8-20-17(2)23(31-24-26(20)19(16)10-11-25(3,32-24)33-34-26)35-13-5-12-30-15-18-7-9-22-21(14-18)27-28-29(22)4/h7,9,14,16-17,19-20,23-24H,5-6,8,10-13,15H2,1-4H3/t16-,17-,19+,20+,23+,24-,25-,26-/m1/s1. The summed E-state index contributed by atoms with van der Waals surface area (Å²) < 4.78 is 20.9. The number of rotatable bonds is 7. The maximum Gasteiger partial charge on any atom is 0.201 e. The van der Waals surface area contributed by atoms with Crippen LogP contribution in [0.15, 0.2) is 18.2 Å². The number of nitrogens with zero attached hydrogens (tertiary/aromatic N) is 3. The van der Waals surface area contributed by atoms with Crippen molar-refractivity contribution in [1.29, 1.82) is 0 Å². The Bertz CT molecular complexity index is 1070. The van der Waals surface area contributed by atoms with Gasteiger partial charge in [0.25, 0.3) is 0 Å². The second-order valence-electron chi connectivity index (χ2n) is 11.1. The minimum absolute atomic E-state index is 0.0929. The van der Waals surface area contributed by atoms with Gasteiger partial charge in [0.15, 0.2) is 11.9 Å². The molecule has 5 fully saturated rings. The fraction of sp³-hybridized carbons (Fsp3) is 0.769. The van der Waals surface area contributed by atoms with E-state index in [-0.39, 0.29) is 11.7 Å². The van der Waals surface area contributed by atoms with Gasteiger partial charge in [-0.3, -0.25) is 0 Å². The molecule has 8 nitrogen and oxygen atoms in total. The third kappa shape index (κ3) is 4.12. The molecule has 2 aromatic rings. The first-order valence-corrected chi connectivity index (χ1v) is 14.1. The largest absolute Gasteiger partial charge is 0.377 e. The predicted octanol–water partition coefficient (Wildman–Crippen LogP) is 4.82. The lowest BCUT2D eigenvalue weighted by Gasteiger charge is -2.60. The molecule has 9 heteroatoms. The smallest absolute Gasteiger partial charge is 0.201 e. The second-order valence-corrected chi connectivity index (χ2v) is 12.3. The molecule has 7 rings (SSSR count). The third-order valence-electron chi connectivity index (χ3n) is 8.76. The summed E-state index contributed by atoms with van der Waals surface area (Å²) in [6.45, 7) is 7.97. The Hall–Kier alpha value is -1.23. The number of thioether (sulfide) groups is 1. The van der Waals surface area contributed by atoms with Crippen LogP contribution >= 0.6 is 11.8 Å². The highest BCUT2D eigenvalue weighted by Gasteiger charge is 2.69. The molecule has 0 N–H and O–H groups in total. The minimum Gasteiger partial charge on any atom is -0.377 e. The van der Waals surface area contributed by atoms with E-state index in [9.17, 15) is 0 Å². The van der Waals surface area contributed by atoms with Crippen molar-refractivity contribution < 1.29 is 24.0 Å². The Labute approximate surface area is 211 Å². The van der Waals surface area contributed by atoms with Crippen LogP contribution in [0, 0.1) is 23.7 Å². The van der Waals surface area contributed by atoms with Crippen molar-refractivity contribution in [2.75, 3.05) is 12.4 Å². The van der Waals surface area contributed by atoms with Crippen LogP contribution in [0.4, 0.5) is 0 Å². The SMILES string of the molecule is C[C@H]1[C@H](SCCCOCc2ccc3c(c2)nnn3C)O[C@@H]2O[C@@]3(C)CC[C@H]4[C@H](C)CC[C@@H]1[C@@]24OO3. The lowest BCUT2D eigenvalue weighted by atomic mass is 9.58. The molecule has 1 aromatic heterocycles. The summed E-state index contributed by atoms with van der Waals surface area (Å²) in [4.78, 5) is 12.2. The van der Waals surface area contributed by atoms with E-state index < -0.39 is 11.4 Å². The van der Waals surface area contributed by atoms with Crippen molar-refractivity contribution in [2.45, 2.75) is 82.6 Å². The molecule has 0 amide bonds. The van der Waals surface area contributed by atoms with Crippen molar-refractivity contribution in [1.82, 2.24) is 15.0 Å². The number of fused-ring (bicyclic) bond motifs is 3. The molecule has 4 aliphatic heterocycles. The molecular weight excluding hydrogens is 466 g/mol. The van der Waals surface area contributed by atoms with Crippen molar-refractivity contribution in [2.24, 2.45) is 30.7 Å². The van der Waals surface area contributed by atoms with Crippen molar-refractivity contribution in [3.63, 3.8) is 0 Å². The van der Waals surface area contributed by atoms with Gasteiger partial charge in [0.1, 0.15) is 11.0 Å². The minimum atomic E-state index is -0.713. The molecule has 5 heterocycles. The summed E-state index contributed by atoms with van der Waals surface area (Å²) in [5, 5.41) is 8.25. The lowest BCUT2D eigenvalue weighted by Crippen LogP contribution is -2.70. The van der Waals surface area contributed by atoms with Crippen LogP contribution < -0.4 is 0 Å². The summed E-state index contributed by atoms with van der Waals surface area (Å²) in [6.07, 6.45) is 4.91. The van der Waals surface area contributed by atoms with Gasteiger partial charge in [0.2, 0.25) is 5.79 Å². The summed E-state index contributed by atoms with van der Waals surface area (Å²) in [7, 11) is 1.90. The van der Waals surface area contributed by atoms with Gasteiger partial charge in [0.05, 0.1) is 12.1 Å². The number of hydrogen-bond donors (Lipinski definition) is 0. The number of aromatic nitrogens is 3. The van der Waals surface area contributed by atoms with E-state index in [1.165, 1.54) is 6.42 Å². The fourth-order valence-corrected chi connectivity index (χ4v) is 7.98. The number of ether oxygens (including phenoxy) is 3. The van der Waals surface area contributed by atoms with Gasteiger partial charge in [0, 0.05) is 26.0 Å². The highest BCUT2D eigenvalue weighted by atomic mass is 32.2. The second kappa shape index (κ2) is 9.26. The molecule has 1 aromatic carbocycles. The summed E-state index contributed by atoms with van der Waals surface area (Å²) >= 11 is 1.89. The molecule has 4 saturated heterocycles. The summed E-state index contributed by atoms with van der Waals surface area (Å²) in [5.74, 6) is 2.04. The first kappa shape index (κ1) is 24.1. The zero-order valence-electron chi connectivity index (χ0n) is 21.1. The highest BCUT2D eigenvalue weighted by Crippen LogP contribution is 2.61. The molecule has 0 unspecified atom stereocenters. The summed E-state index contributed by atoms with van der Waals surface area (Å²) in [6, 6.07) is 6.18. The van der Waals surface area contributed by atoms with Crippen LogP contribution in [-0.4, -0.2) is 50.5 Å². The molecule has 35 heavy (non-hydrogen) atoms. The molecule has 0 radical (unpaired) electrons. The van der Waals surface area contributed by atoms with Crippen LogP contribution in [-0.2, 0) is 37.6 Å². The molecular formula is C26H37N3O5S. The zero-order chi connectivity index (χ0) is 24.2. The molecule has 8 atom stereocenters. The molecule has 2 bridgehead atoms. The monoisotopic (exact) mass is 503 g/mol. The average molecular weight is 504 g/mol. The Morgan fingerprint density at radius 3 is 2.94 bits per heavy atom. The van der Waals surface area contributed by atoms with Crippen LogP contribution in [0.2, 0.25) is 0 Å².